The summed E-state index contributed by atoms with van der Waals surface area (Å²) in [5.41, 5.74) is 0. The van der Waals surface area contributed by atoms with Crippen LogP contribution in [-0.2, 0) is 23.2 Å². The lowest BCUT2D eigenvalue weighted by Gasteiger charge is -2.30. The van der Waals surface area contributed by atoms with E-state index in [0.29, 0.717) is 19.6 Å². The number of hydrogen-bond acceptors (Lipinski definition) is 4. The van der Waals surface area contributed by atoms with Crippen molar-refractivity contribution in [3.63, 3.8) is 0 Å². The maximum absolute atomic E-state index is 12.2. The largest absolute Gasteiger partial charge is 0.396 e. The Balaban J connectivity index is 1.93. The van der Waals surface area contributed by atoms with Crippen LogP contribution < -0.4 is 4.72 Å². The molecule has 1 aromatic heterocycles. The molecule has 0 aliphatic carbocycles. The summed E-state index contributed by atoms with van der Waals surface area (Å²) in [5, 5.41) is 9.17. The van der Waals surface area contributed by atoms with Crippen LogP contribution in [0.1, 0.15) is 29.5 Å². The smallest absolute Gasteiger partial charge is 0.279 e. The van der Waals surface area contributed by atoms with Crippen molar-refractivity contribution in [2.75, 3.05) is 19.7 Å². The predicted molar refractivity (Wildman–Crippen MR) is 80.8 cm³/mol. The van der Waals surface area contributed by atoms with E-state index < -0.39 is 10.2 Å². The quantitative estimate of drug-likeness (QED) is 0.832. The van der Waals surface area contributed by atoms with E-state index in [1.54, 1.807) is 11.3 Å². The normalized spacial score (nSPS) is 21.2. The van der Waals surface area contributed by atoms with Crippen LogP contribution in [0.4, 0.5) is 0 Å². The second kappa shape index (κ2) is 7.00. The van der Waals surface area contributed by atoms with E-state index in [9.17, 15) is 13.5 Å². The summed E-state index contributed by atoms with van der Waals surface area (Å²) in [7, 11) is -3.44. The van der Waals surface area contributed by atoms with Crippen molar-refractivity contribution >= 4 is 21.5 Å². The van der Waals surface area contributed by atoms with Crippen molar-refractivity contribution in [2.45, 2.75) is 32.7 Å². The molecule has 1 saturated heterocycles. The molecule has 0 amide bonds. The Labute approximate surface area is 124 Å². The maximum atomic E-state index is 12.2. The fourth-order valence-corrected chi connectivity index (χ4v) is 4.64. The van der Waals surface area contributed by atoms with Gasteiger partial charge in [0.05, 0.1) is 0 Å². The van der Waals surface area contributed by atoms with Crippen molar-refractivity contribution in [2.24, 2.45) is 5.92 Å². The molecule has 2 rings (SSSR count). The van der Waals surface area contributed by atoms with E-state index >= 15 is 0 Å². The van der Waals surface area contributed by atoms with Gasteiger partial charge in [0, 0.05) is 36.0 Å². The number of aliphatic hydroxyl groups is 1. The van der Waals surface area contributed by atoms with Gasteiger partial charge in [0.2, 0.25) is 0 Å². The molecular weight excluding hydrogens is 296 g/mol. The molecule has 114 valence electrons. The zero-order valence-corrected chi connectivity index (χ0v) is 13.3. The van der Waals surface area contributed by atoms with Crippen LogP contribution in [0.5, 0.6) is 0 Å². The summed E-state index contributed by atoms with van der Waals surface area (Å²) in [6, 6.07) is 4.01. The number of nitrogens with zero attached hydrogens (tertiary/aromatic N) is 1. The fourth-order valence-electron chi connectivity index (χ4n) is 2.36. The van der Waals surface area contributed by atoms with Crippen LogP contribution in [-0.4, -0.2) is 37.5 Å². The van der Waals surface area contributed by atoms with Gasteiger partial charge < -0.3 is 5.11 Å². The lowest BCUT2D eigenvalue weighted by molar-refractivity contribution is 0.164. The highest BCUT2D eigenvalue weighted by atomic mass is 32.2. The van der Waals surface area contributed by atoms with Crippen LogP contribution in [0.15, 0.2) is 12.1 Å². The number of hydrogen-bond donors (Lipinski definition) is 2. The van der Waals surface area contributed by atoms with E-state index in [0.717, 1.165) is 24.1 Å². The van der Waals surface area contributed by atoms with Gasteiger partial charge in [-0.3, -0.25) is 0 Å². The average molecular weight is 318 g/mol. The number of nitrogens with one attached hydrogen (secondary N) is 1. The van der Waals surface area contributed by atoms with Gasteiger partial charge in [-0.15, -0.1) is 11.3 Å². The second-order valence-electron chi connectivity index (χ2n) is 5.10. The van der Waals surface area contributed by atoms with Gasteiger partial charge in [-0.2, -0.15) is 17.4 Å². The Hall–Kier alpha value is -0.470. The highest BCUT2D eigenvalue weighted by Gasteiger charge is 2.28. The fraction of sp³-hybridized carbons (Fsp3) is 0.692. The Morgan fingerprint density at radius 1 is 1.45 bits per heavy atom. The lowest BCUT2D eigenvalue weighted by Crippen LogP contribution is -2.46. The molecule has 20 heavy (non-hydrogen) atoms. The second-order valence-corrected chi connectivity index (χ2v) is 8.10. The van der Waals surface area contributed by atoms with E-state index in [-0.39, 0.29) is 12.5 Å². The minimum Gasteiger partial charge on any atom is -0.396 e. The van der Waals surface area contributed by atoms with Crippen LogP contribution >= 0.6 is 11.3 Å². The molecule has 0 aromatic carbocycles. The first kappa shape index (κ1) is 15.9. The minimum absolute atomic E-state index is 0.0524. The van der Waals surface area contributed by atoms with Gasteiger partial charge in [0.1, 0.15) is 0 Å². The lowest BCUT2D eigenvalue weighted by atomic mass is 10.0. The highest BCUT2D eigenvalue weighted by Crippen LogP contribution is 2.20. The molecule has 0 bridgehead atoms. The molecule has 1 atom stereocenters. The Bertz CT molecular complexity index is 527. The molecule has 2 heterocycles. The minimum atomic E-state index is -3.44. The van der Waals surface area contributed by atoms with E-state index in [2.05, 4.69) is 11.6 Å². The molecule has 0 spiro atoms. The monoisotopic (exact) mass is 318 g/mol. The predicted octanol–water partition coefficient (Wildman–Crippen LogP) is 1.35. The van der Waals surface area contributed by atoms with Gasteiger partial charge in [0.15, 0.2) is 0 Å². The van der Waals surface area contributed by atoms with Crippen LogP contribution in [0.25, 0.3) is 0 Å². The van der Waals surface area contributed by atoms with Crippen molar-refractivity contribution in [1.82, 2.24) is 9.03 Å². The standard InChI is InChI=1S/C13H22N2O3S2/c1-2-12-5-6-13(19-12)8-14-20(17,18)15-7-3-4-11(9-15)10-16/h5-6,11,14,16H,2-4,7-10H2,1H3. The topological polar surface area (TPSA) is 69.6 Å². The maximum Gasteiger partial charge on any atom is 0.279 e. The number of piperidine rings is 1. The molecule has 5 nitrogen and oxygen atoms in total. The zero-order chi connectivity index (χ0) is 14.6. The third-order valence-electron chi connectivity index (χ3n) is 3.57. The molecule has 0 radical (unpaired) electrons. The molecule has 1 aromatic rings. The molecule has 7 heteroatoms. The molecule has 1 unspecified atom stereocenters. The van der Waals surface area contributed by atoms with Gasteiger partial charge in [0.25, 0.3) is 10.2 Å². The first-order valence-electron chi connectivity index (χ1n) is 6.98. The van der Waals surface area contributed by atoms with Gasteiger partial charge >= 0.3 is 0 Å². The molecule has 2 N–H and O–H groups in total. The highest BCUT2D eigenvalue weighted by molar-refractivity contribution is 7.87. The third-order valence-corrected chi connectivity index (χ3v) is 6.32. The molecule has 1 aliphatic heterocycles. The summed E-state index contributed by atoms with van der Waals surface area (Å²) in [5.74, 6) is 0.0637. The summed E-state index contributed by atoms with van der Waals surface area (Å²) in [4.78, 5) is 2.29. The van der Waals surface area contributed by atoms with Crippen LogP contribution in [0.3, 0.4) is 0 Å². The SMILES string of the molecule is CCc1ccc(CNS(=O)(=O)N2CCCC(CO)C2)s1. The summed E-state index contributed by atoms with van der Waals surface area (Å²) < 4.78 is 28.6. The Morgan fingerprint density at radius 3 is 2.85 bits per heavy atom. The molecular formula is C13H22N2O3S2. The van der Waals surface area contributed by atoms with Crippen molar-refractivity contribution in [3.05, 3.63) is 21.9 Å². The Morgan fingerprint density at radius 2 is 2.20 bits per heavy atom. The number of rotatable bonds is 6. The van der Waals surface area contributed by atoms with Crippen LogP contribution in [0, 0.1) is 5.92 Å². The van der Waals surface area contributed by atoms with E-state index in [4.69, 9.17) is 0 Å². The number of aryl methyl sites for hydroxylation is 1. The van der Waals surface area contributed by atoms with Crippen LogP contribution in [0.2, 0.25) is 0 Å². The first-order valence-corrected chi connectivity index (χ1v) is 9.24. The zero-order valence-electron chi connectivity index (χ0n) is 11.7. The summed E-state index contributed by atoms with van der Waals surface area (Å²) in [6.07, 6.45) is 2.68. The van der Waals surface area contributed by atoms with Gasteiger partial charge in [-0.25, -0.2) is 0 Å². The number of aliphatic hydroxyl groups excluding tert-OH is 1. The van der Waals surface area contributed by atoms with Crippen molar-refractivity contribution in [1.29, 1.82) is 0 Å². The van der Waals surface area contributed by atoms with E-state index in [1.165, 1.54) is 9.18 Å². The average Bonchev–Trinajstić information content (AvgIpc) is 2.93. The molecule has 1 aliphatic rings. The first-order chi connectivity index (χ1) is 9.55. The van der Waals surface area contributed by atoms with Gasteiger partial charge in [-0.1, -0.05) is 6.92 Å². The summed E-state index contributed by atoms with van der Waals surface area (Å²) >= 11 is 1.64. The third kappa shape index (κ3) is 4.02. The summed E-state index contributed by atoms with van der Waals surface area (Å²) in [6.45, 7) is 3.43. The molecule has 0 saturated carbocycles. The van der Waals surface area contributed by atoms with Crippen molar-refractivity contribution < 1.29 is 13.5 Å². The number of thiophene rings is 1. The van der Waals surface area contributed by atoms with Crippen molar-refractivity contribution in [3.8, 4) is 0 Å². The van der Waals surface area contributed by atoms with Gasteiger partial charge in [-0.05, 0) is 37.3 Å². The molecule has 1 fully saturated rings. The Kier molecular flexibility index (Phi) is 5.57. The van der Waals surface area contributed by atoms with E-state index in [1.807, 2.05) is 12.1 Å².